The summed E-state index contributed by atoms with van der Waals surface area (Å²) in [5.41, 5.74) is 0.637. The highest BCUT2D eigenvalue weighted by Crippen LogP contribution is 2.18. The Bertz CT molecular complexity index is 599. The fraction of sp³-hybridized carbons (Fsp3) is 0.143. The van der Waals surface area contributed by atoms with E-state index in [2.05, 4.69) is 4.98 Å². The Morgan fingerprint density at radius 1 is 1.37 bits per heavy atom. The van der Waals surface area contributed by atoms with Gasteiger partial charge in [-0.15, -0.1) is 0 Å². The van der Waals surface area contributed by atoms with Gasteiger partial charge in [0.2, 0.25) is 0 Å². The number of carbonyl (C=O) groups is 1. The summed E-state index contributed by atoms with van der Waals surface area (Å²) in [5.74, 6) is -0.188. The summed E-state index contributed by atoms with van der Waals surface area (Å²) in [5, 5.41) is 0.608. The minimum absolute atomic E-state index is 0.0941. The van der Waals surface area contributed by atoms with Crippen molar-refractivity contribution >= 4 is 17.4 Å². The zero-order chi connectivity index (χ0) is 13.8. The Balaban J connectivity index is 2.15. The van der Waals surface area contributed by atoms with Crippen LogP contribution in [0.15, 0.2) is 36.5 Å². The van der Waals surface area contributed by atoms with E-state index in [9.17, 15) is 9.18 Å². The van der Waals surface area contributed by atoms with Crippen LogP contribution < -0.4 is 4.74 Å². The molecule has 0 aliphatic rings. The molecule has 0 amide bonds. The first-order valence-corrected chi connectivity index (χ1v) is 5.98. The van der Waals surface area contributed by atoms with E-state index in [1.165, 1.54) is 6.92 Å². The molecule has 0 bridgehead atoms. The number of benzene rings is 1. The summed E-state index contributed by atoms with van der Waals surface area (Å²) < 4.78 is 18.5. The third kappa shape index (κ3) is 3.51. The first-order valence-electron chi connectivity index (χ1n) is 5.60. The van der Waals surface area contributed by atoms with Gasteiger partial charge in [-0.2, -0.15) is 0 Å². The van der Waals surface area contributed by atoms with Crippen LogP contribution in [0, 0.1) is 5.82 Å². The van der Waals surface area contributed by atoms with E-state index in [0.717, 1.165) is 12.3 Å². The Labute approximate surface area is 115 Å². The Hall–Kier alpha value is -1.94. The molecule has 19 heavy (non-hydrogen) atoms. The van der Waals surface area contributed by atoms with Crippen molar-refractivity contribution < 1.29 is 13.9 Å². The van der Waals surface area contributed by atoms with Gasteiger partial charge in [-0.1, -0.05) is 11.6 Å². The van der Waals surface area contributed by atoms with Crippen molar-refractivity contribution in [2.24, 2.45) is 0 Å². The molecule has 1 aromatic carbocycles. The quantitative estimate of drug-likeness (QED) is 0.802. The summed E-state index contributed by atoms with van der Waals surface area (Å²) in [6.07, 6.45) is 1.06. The van der Waals surface area contributed by atoms with Gasteiger partial charge in [0.1, 0.15) is 18.2 Å². The molecule has 5 heteroatoms. The molecular formula is C14H11ClFNO2. The average Bonchev–Trinajstić information content (AvgIpc) is 2.39. The van der Waals surface area contributed by atoms with E-state index >= 15 is 0 Å². The fourth-order valence-electron chi connectivity index (χ4n) is 1.57. The second-order valence-corrected chi connectivity index (χ2v) is 4.38. The largest absolute Gasteiger partial charge is 0.487 e. The molecule has 2 aromatic rings. The monoisotopic (exact) mass is 279 g/mol. The van der Waals surface area contributed by atoms with Crippen molar-refractivity contribution in [3.05, 3.63) is 58.6 Å². The second-order valence-electron chi connectivity index (χ2n) is 3.95. The molecule has 1 heterocycles. The first-order chi connectivity index (χ1) is 9.06. The van der Waals surface area contributed by atoms with Gasteiger partial charge in [-0.05, 0) is 37.3 Å². The van der Waals surface area contributed by atoms with Crippen LogP contribution in [0.3, 0.4) is 0 Å². The van der Waals surface area contributed by atoms with Gasteiger partial charge in [-0.25, -0.2) is 4.39 Å². The Kier molecular flexibility index (Phi) is 4.12. The molecule has 0 atom stereocenters. The number of nitrogens with zero attached hydrogens (tertiary/aromatic N) is 1. The van der Waals surface area contributed by atoms with Crippen molar-refractivity contribution in [3.63, 3.8) is 0 Å². The highest BCUT2D eigenvalue weighted by atomic mass is 35.5. The van der Waals surface area contributed by atoms with Gasteiger partial charge < -0.3 is 4.74 Å². The Morgan fingerprint density at radius 3 is 2.68 bits per heavy atom. The minimum Gasteiger partial charge on any atom is -0.487 e. The van der Waals surface area contributed by atoms with Crippen LogP contribution >= 0.6 is 11.6 Å². The summed E-state index contributed by atoms with van der Waals surface area (Å²) >= 11 is 5.76. The maximum atomic E-state index is 13.0. The summed E-state index contributed by atoms with van der Waals surface area (Å²) in [6.45, 7) is 1.46. The van der Waals surface area contributed by atoms with Crippen molar-refractivity contribution in [2.75, 3.05) is 0 Å². The van der Waals surface area contributed by atoms with E-state index in [4.69, 9.17) is 16.3 Å². The lowest BCUT2D eigenvalue weighted by Crippen LogP contribution is -2.07. The van der Waals surface area contributed by atoms with Crippen LogP contribution in [0.2, 0.25) is 5.02 Å². The molecule has 0 saturated heterocycles. The van der Waals surface area contributed by atoms with Gasteiger partial charge in [0.05, 0.1) is 11.9 Å². The van der Waals surface area contributed by atoms with Gasteiger partial charge in [0.15, 0.2) is 5.78 Å². The van der Waals surface area contributed by atoms with E-state index in [0.29, 0.717) is 16.5 Å². The van der Waals surface area contributed by atoms with Crippen LogP contribution in [0.25, 0.3) is 0 Å². The molecule has 0 radical (unpaired) electrons. The molecule has 0 unspecified atom stereocenters. The van der Waals surface area contributed by atoms with Crippen molar-refractivity contribution in [1.82, 2.24) is 4.98 Å². The van der Waals surface area contributed by atoms with Crippen molar-refractivity contribution in [1.29, 1.82) is 0 Å². The van der Waals surface area contributed by atoms with E-state index in [1.807, 2.05) is 0 Å². The minimum atomic E-state index is -0.541. The number of hydrogen-bond acceptors (Lipinski definition) is 3. The molecule has 98 valence electrons. The molecule has 0 fully saturated rings. The summed E-state index contributed by atoms with van der Waals surface area (Å²) in [7, 11) is 0. The zero-order valence-corrected chi connectivity index (χ0v) is 10.9. The molecule has 0 spiro atoms. The number of hydrogen-bond donors (Lipinski definition) is 0. The average molecular weight is 280 g/mol. The smallest absolute Gasteiger partial charge is 0.161 e. The lowest BCUT2D eigenvalue weighted by molar-refractivity contribution is 0.101. The molecule has 0 aliphatic heterocycles. The van der Waals surface area contributed by atoms with Crippen LogP contribution in [0.1, 0.15) is 23.0 Å². The van der Waals surface area contributed by atoms with Gasteiger partial charge in [-0.3, -0.25) is 9.78 Å². The SMILES string of the molecule is CC(=O)c1cc(F)cnc1COc1ccc(Cl)cc1. The molecule has 0 aliphatic carbocycles. The van der Waals surface area contributed by atoms with Crippen molar-refractivity contribution in [3.8, 4) is 5.75 Å². The number of Topliss-reactive ketones (excluding diaryl/α,β-unsaturated/α-hetero) is 1. The number of ether oxygens (including phenoxy) is 1. The summed E-state index contributed by atoms with van der Waals surface area (Å²) in [6, 6.07) is 7.97. The fourth-order valence-corrected chi connectivity index (χ4v) is 1.70. The van der Waals surface area contributed by atoms with Gasteiger partial charge in [0, 0.05) is 10.6 Å². The lowest BCUT2D eigenvalue weighted by atomic mass is 10.1. The van der Waals surface area contributed by atoms with E-state index < -0.39 is 5.82 Å². The second kappa shape index (κ2) is 5.80. The topological polar surface area (TPSA) is 39.2 Å². The maximum Gasteiger partial charge on any atom is 0.161 e. The number of ketones is 1. The Morgan fingerprint density at radius 2 is 2.05 bits per heavy atom. The summed E-state index contributed by atoms with van der Waals surface area (Å²) in [4.78, 5) is 15.3. The third-order valence-corrected chi connectivity index (χ3v) is 2.76. The number of pyridine rings is 1. The standard InChI is InChI=1S/C14H11ClFNO2/c1-9(18)13-6-11(16)7-17-14(13)8-19-12-4-2-10(15)3-5-12/h2-7H,8H2,1H3. The predicted molar refractivity (Wildman–Crippen MR) is 70.0 cm³/mol. The normalized spacial score (nSPS) is 10.3. The molecule has 3 nitrogen and oxygen atoms in total. The lowest BCUT2D eigenvalue weighted by Gasteiger charge is -2.08. The van der Waals surface area contributed by atoms with Gasteiger partial charge in [0.25, 0.3) is 0 Å². The first kappa shape index (κ1) is 13.5. The third-order valence-electron chi connectivity index (χ3n) is 2.51. The molecule has 2 rings (SSSR count). The zero-order valence-electron chi connectivity index (χ0n) is 10.2. The van der Waals surface area contributed by atoms with Crippen molar-refractivity contribution in [2.45, 2.75) is 13.5 Å². The highest BCUT2D eigenvalue weighted by molar-refractivity contribution is 6.30. The number of aromatic nitrogens is 1. The maximum absolute atomic E-state index is 13.0. The van der Waals surface area contributed by atoms with Crippen LogP contribution in [0.4, 0.5) is 4.39 Å². The molecule has 0 N–H and O–H groups in total. The molecular weight excluding hydrogens is 269 g/mol. The number of halogens is 2. The number of carbonyl (C=O) groups excluding carboxylic acids is 1. The van der Waals surface area contributed by atoms with Crippen LogP contribution in [-0.2, 0) is 6.61 Å². The van der Waals surface area contributed by atoms with E-state index in [-0.39, 0.29) is 18.0 Å². The van der Waals surface area contributed by atoms with E-state index in [1.54, 1.807) is 24.3 Å². The number of rotatable bonds is 4. The molecule has 0 saturated carbocycles. The van der Waals surface area contributed by atoms with Crippen LogP contribution in [0.5, 0.6) is 5.75 Å². The van der Waals surface area contributed by atoms with Gasteiger partial charge >= 0.3 is 0 Å². The highest BCUT2D eigenvalue weighted by Gasteiger charge is 2.10. The molecule has 1 aromatic heterocycles. The van der Waals surface area contributed by atoms with Crippen LogP contribution in [-0.4, -0.2) is 10.8 Å². The predicted octanol–water partition coefficient (Wildman–Crippen LogP) is 3.66.